The minimum absolute atomic E-state index is 0.0742. The predicted molar refractivity (Wildman–Crippen MR) is 88.3 cm³/mol. The standard InChI is InChI=1S/C16H17NO6S/c1-9-6-14(23-3)15(7-10(9)2)24(21,22)17-12-5-4-11(16(19)20)8-13(12)18/h4-8,17-18H,1-3H3,(H,19,20). The average molecular weight is 351 g/mol. The van der Waals surface area contributed by atoms with E-state index in [-0.39, 0.29) is 21.9 Å². The fraction of sp³-hybridized carbons (Fsp3) is 0.188. The maximum atomic E-state index is 12.6. The van der Waals surface area contributed by atoms with Crippen molar-refractivity contribution in [2.45, 2.75) is 18.7 Å². The van der Waals surface area contributed by atoms with Crippen molar-refractivity contribution in [3.05, 3.63) is 47.0 Å². The molecule has 0 unspecified atom stereocenters. The molecule has 128 valence electrons. The predicted octanol–water partition coefficient (Wildman–Crippen LogP) is 2.52. The molecule has 0 aliphatic rings. The Morgan fingerprint density at radius 3 is 2.29 bits per heavy atom. The van der Waals surface area contributed by atoms with Crippen LogP contribution < -0.4 is 9.46 Å². The molecule has 0 heterocycles. The minimum Gasteiger partial charge on any atom is -0.506 e. The highest BCUT2D eigenvalue weighted by molar-refractivity contribution is 7.92. The monoisotopic (exact) mass is 351 g/mol. The number of carboxylic acids is 1. The average Bonchev–Trinajstić information content (AvgIpc) is 2.51. The van der Waals surface area contributed by atoms with Gasteiger partial charge in [-0.15, -0.1) is 0 Å². The first-order valence-corrected chi connectivity index (χ1v) is 8.38. The SMILES string of the molecule is COc1cc(C)c(C)cc1S(=O)(=O)Nc1ccc(C(=O)O)cc1O. The van der Waals surface area contributed by atoms with Crippen LogP contribution in [0.3, 0.4) is 0 Å². The smallest absolute Gasteiger partial charge is 0.335 e. The number of methoxy groups -OCH3 is 1. The summed E-state index contributed by atoms with van der Waals surface area (Å²) in [6, 6.07) is 6.43. The molecule has 0 saturated carbocycles. The van der Waals surface area contributed by atoms with Gasteiger partial charge < -0.3 is 14.9 Å². The van der Waals surface area contributed by atoms with Gasteiger partial charge in [0.05, 0.1) is 18.4 Å². The summed E-state index contributed by atoms with van der Waals surface area (Å²) in [6.45, 7) is 3.60. The van der Waals surface area contributed by atoms with Gasteiger partial charge in [0.1, 0.15) is 16.4 Å². The zero-order valence-corrected chi connectivity index (χ0v) is 14.1. The van der Waals surface area contributed by atoms with Crippen LogP contribution in [0.1, 0.15) is 21.5 Å². The Kier molecular flexibility index (Phi) is 4.70. The van der Waals surface area contributed by atoms with E-state index in [1.165, 1.54) is 25.3 Å². The van der Waals surface area contributed by atoms with Gasteiger partial charge in [-0.3, -0.25) is 4.72 Å². The molecule has 0 aliphatic heterocycles. The van der Waals surface area contributed by atoms with E-state index in [0.717, 1.165) is 17.2 Å². The highest BCUT2D eigenvalue weighted by atomic mass is 32.2. The number of aromatic carboxylic acids is 1. The molecule has 0 fully saturated rings. The summed E-state index contributed by atoms with van der Waals surface area (Å²) in [5.74, 6) is -1.54. The second kappa shape index (κ2) is 6.40. The number of benzene rings is 2. The lowest BCUT2D eigenvalue weighted by atomic mass is 10.1. The number of carbonyl (C=O) groups is 1. The molecule has 0 radical (unpaired) electrons. The lowest BCUT2D eigenvalue weighted by molar-refractivity contribution is 0.0696. The second-order valence-corrected chi connectivity index (χ2v) is 6.88. The molecule has 2 rings (SSSR count). The number of ether oxygens (including phenoxy) is 1. The lowest BCUT2D eigenvalue weighted by Crippen LogP contribution is -2.15. The van der Waals surface area contributed by atoms with E-state index >= 15 is 0 Å². The topological polar surface area (TPSA) is 113 Å². The summed E-state index contributed by atoms with van der Waals surface area (Å²) in [7, 11) is -2.67. The Balaban J connectivity index is 2.46. The number of anilines is 1. The molecule has 0 spiro atoms. The molecule has 0 saturated heterocycles. The molecule has 24 heavy (non-hydrogen) atoms. The van der Waals surface area contributed by atoms with Gasteiger partial charge in [0.15, 0.2) is 0 Å². The Hall–Kier alpha value is -2.74. The first-order chi connectivity index (χ1) is 11.2. The van der Waals surface area contributed by atoms with Gasteiger partial charge in [0.2, 0.25) is 0 Å². The van der Waals surface area contributed by atoms with Gasteiger partial charge in [-0.1, -0.05) is 0 Å². The Labute approximate surface area is 139 Å². The van der Waals surface area contributed by atoms with Gasteiger partial charge in [-0.2, -0.15) is 0 Å². The number of aromatic hydroxyl groups is 1. The fourth-order valence-electron chi connectivity index (χ4n) is 2.08. The summed E-state index contributed by atoms with van der Waals surface area (Å²) in [5, 5.41) is 18.7. The molecule has 0 atom stereocenters. The van der Waals surface area contributed by atoms with Crippen molar-refractivity contribution in [3.8, 4) is 11.5 Å². The molecule has 0 bridgehead atoms. The van der Waals surface area contributed by atoms with Crippen molar-refractivity contribution < 1.29 is 28.2 Å². The molecule has 0 aromatic heterocycles. The number of sulfonamides is 1. The van der Waals surface area contributed by atoms with Crippen molar-refractivity contribution in [3.63, 3.8) is 0 Å². The summed E-state index contributed by atoms with van der Waals surface area (Å²) < 4.78 is 32.6. The second-order valence-electron chi connectivity index (χ2n) is 5.23. The van der Waals surface area contributed by atoms with Gasteiger partial charge in [-0.05, 0) is 55.3 Å². The number of phenolic OH excluding ortho intramolecular Hbond substituents is 1. The molecule has 0 amide bonds. The van der Waals surface area contributed by atoms with Crippen LogP contribution in [0.15, 0.2) is 35.2 Å². The molecule has 8 heteroatoms. The minimum atomic E-state index is -4.03. The van der Waals surface area contributed by atoms with Crippen molar-refractivity contribution in [1.29, 1.82) is 0 Å². The highest BCUT2D eigenvalue weighted by Gasteiger charge is 2.22. The number of rotatable bonds is 5. The van der Waals surface area contributed by atoms with E-state index < -0.39 is 21.7 Å². The highest BCUT2D eigenvalue weighted by Crippen LogP contribution is 2.31. The quantitative estimate of drug-likeness (QED) is 0.714. The first-order valence-electron chi connectivity index (χ1n) is 6.90. The Bertz CT molecular complexity index is 905. The molecular formula is C16H17NO6S. The van der Waals surface area contributed by atoms with Crippen molar-refractivity contribution in [2.24, 2.45) is 0 Å². The van der Waals surface area contributed by atoms with Gasteiger partial charge >= 0.3 is 5.97 Å². The number of hydrogen-bond donors (Lipinski definition) is 3. The van der Waals surface area contributed by atoms with Gasteiger partial charge in [0.25, 0.3) is 10.0 Å². The van der Waals surface area contributed by atoms with E-state index in [4.69, 9.17) is 9.84 Å². The zero-order valence-electron chi connectivity index (χ0n) is 13.3. The Morgan fingerprint density at radius 1 is 1.12 bits per heavy atom. The van der Waals surface area contributed by atoms with Crippen LogP contribution in [-0.2, 0) is 10.0 Å². The van der Waals surface area contributed by atoms with Gasteiger partial charge in [-0.25, -0.2) is 13.2 Å². The Morgan fingerprint density at radius 2 is 1.75 bits per heavy atom. The largest absolute Gasteiger partial charge is 0.506 e. The van der Waals surface area contributed by atoms with Crippen molar-refractivity contribution in [2.75, 3.05) is 11.8 Å². The van der Waals surface area contributed by atoms with Gasteiger partial charge in [0, 0.05) is 0 Å². The van der Waals surface area contributed by atoms with E-state index in [2.05, 4.69) is 4.72 Å². The van der Waals surface area contributed by atoms with E-state index in [1.807, 2.05) is 6.92 Å². The number of aryl methyl sites for hydroxylation is 2. The van der Waals surface area contributed by atoms with Crippen molar-refractivity contribution in [1.82, 2.24) is 0 Å². The maximum absolute atomic E-state index is 12.6. The number of nitrogens with one attached hydrogen (secondary N) is 1. The molecule has 2 aromatic rings. The summed E-state index contributed by atoms with van der Waals surface area (Å²) in [5.41, 5.74) is 1.36. The molecule has 3 N–H and O–H groups in total. The number of carboxylic acid groups (broad SMARTS) is 1. The molecule has 2 aromatic carbocycles. The molecule has 7 nitrogen and oxygen atoms in total. The van der Waals surface area contributed by atoms with Crippen LogP contribution >= 0.6 is 0 Å². The third-order valence-corrected chi connectivity index (χ3v) is 4.95. The third kappa shape index (κ3) is 3.43. The van der Waals surface area contributed by atoms with Crippen LogP contribution in [0.2, 0.25) is 0 Å². The fourth-order valence-corrected chi connectivity index (χ4v) is 3.39. The summed E-state index contributed by atoms with van der Waals surface area (Å²) in [6.07, 6.45) is 0. The van der Waals surface area contributed by atoms with Crippen LogP contribution in [0.25, 0.3) is 0 Å². The van der Waals surface area contributed by atoms with Crippen LogP contribution in [0.4, 0.5) is 5.69 Å². The normalized spacial score (nSPS) is 11.1. The van der Waals surface area contributed by atoms with E-state index in [0.29, 0.717) is 0 Å². The van der Waals surface area contributed by atoms with Crippen LogP contribution in [-0.4, -0.2) is 31.7 Å². The number of hydrogen-bond acceptors (Lipinski definition) is 5. The van der Waals surface area contributed by atoms with Crippen LogP contribution in [0, 0.1) is 13.8 Å². The van der Waals surface area contributed by atoms with Crippen LogP contribution in [0.5, 0.6) is 11.5 Å². The number of phenols is 1. The molecule has 0 aliphatic carbocycles. The maximum Gasteiger partial charge on any atom is 0.335 e. The zero-order chi connectivity index (χ0) is 18.1. The van der Waals surface area contributed by atoms with Crippen molar-refractivity contribution >= 4 is 21.7 Å². The first kappa shape index (κ1) is 17.6. The molecular weight excluding hydrogens is 334 g/mol. The third-order valence-electron chi connectivity index (χ3n) is 3.56. The van der Waals surface area contributed by atoms with E-state index in [1.54, 1.807) is 13.0 Å². The lowest BCUT2D eigenvalue weighted by Gasteiger charge is -2.14. The van der Waals surface area contributed by atoms with E-state index in [9.17, 15) is 18.3 Å². The summed E-state index contributed by atoms with van der Waals surface area (Å²) in [4.78, 5) is 10.8. The summed E-state index contributed by atoms with van der Waals surface area (Å²) >= 11 is 0.